The van der Waals surface area contributed by atoms with Crippen LogP contribution in [0.4, 0.5) is 5.69 Å². The monoisotopic (exact) mass is 262 g/mol. The quantitative estimate of drug-likeness (QED) is 0.558. The summed E-state index contributed by atoms with van der Waals surface area (Å²) in [7, 11) is 0. The molecular formula is C15H22N2O2. The third-order valence-corrected chi connectivity index (χ3v) is 3.29. The minimum absolute atomic E-state index is 0.0613. The molecule has 1 fully saturated rings. The van der Waals surface area contributed by atoms with Crippen molar-refractivity contribution in [2.24, 2.45) is 5.92 Å². The van der Waals surface area contributed by atoms with E-state index in [-0.39, 0.29) is 5.91 Å². The Labute approximate surface area is 114 Å². The van der Waals surface area contributed by atoms with E-state index in [1.807, 2.05) is 12.1 Å². The average molecular weight is 262 g/mol. The molecule has 19 heavy (non-hydrogen) atoms. The second kappa shape index (κ2) is 7.02. The van der Waals surface area contributed by atoms with Crippen LogP contribution in [-0.4, -0.2) is 19.1 Å². The Morgan fingerprint density at radius 3 is 2.74 bits per heavy atom. The normalized spacial score (nSPS) is 14.1. The standard InChI is InChI=1S/C15H22N2O2/c16-13-5-7-14(8-6-13)19-11-9-15(18)17-10-1-2-12-3-4-12/h5-8,12H,1-4,9-11,16H2,(H,17,18). The first kappa shape index (κ1) is 13.7. The summed E-state index contributed by atoms with van der Waals surface area (Å²) in [4.78, 5) is 11.5. The molecule has 1 aliphatic rings. The van der Waals surface area contributed by atoms with Gasteiger partial charge in [0.05, 0.1) is 13.0 Å². The van der Waals surface area contributed by atoms with Crippen molar-refractivity contribution < 1.29 is 9.53 Å². The Bertz CT molecular complexity index is 399. The lowest BCUT2D eigenvalue weighted by Gasteiger charge is -2.07. The average Bonchev–Trinajstić information content (AvgIpc) is 3.21. The Hall–Kier alpha value is -1.71. The molecule has 4 nitrogen and oxygen atoms in total. The molecule has 3 N–H and O–H groups in total. The van der Waals surface area contributed by atoms with E-state index in [1.54, 1.807) is 12.1 Å². The largest absolute Gasteiger partial charge is 0.493 e. The Morgan fingerprint density at radius 1 is 1.32 bits per heavy atom. The highest BCUT2D eigenvalue weighted by molar-refractivity contribution is 5.75. The van der Waals surface area contributed by atoms with Crippen molar-refractivity contribution in [1.29, 1.82) is 0 Å². The van der Waals surface area contributed by atoms with Gasteiger partial charge in [0, 0.05) is 12.2 Å². The van der Waals surface area contributed by atoms with Crippen molar-refractivity contribution in [3.05, 3.63) is 24.3 Å². The van der Waals surface area contributed by atoms with Gasteiger partial charge in [-0.1, -0.05) is 12.8 Å². The van der Waals surface area contributed by atoms with E-state index in [0.717, 1.165) is 24.6 Å². The van der Waals surface area contributed by atoms with Crippen LogP contribution in [0, 0.1) is 5.92 Å². The van der Waals surface area contributed by atoms with Crippen LogP contribution in [0.2, 0.25) is 0 Å². The number of carbonyl (C=O) groups is 1. The number of nitrogens with two attached hydrogens (primary N) is 1. The van der Waals surface area contributed by atoms with Crippen molar-refractivity contribution >= 4 is 11.6 Å². The van der Waals surface area contributed by atoms with Crippen LogP contribution in [0.1, 0.15) is 32.1 Å². The lowest BCUT2D eigenvalue weighted by Crippen LogP contribution is -2.25. The smallest absolute Gasteiger partial charge is 0.223 e. The summed E-state index contributed by atoms with van der Waals surface area (Å²) >= 11 is 0. The summed E-state index contributed by atoms with van der Waals surface area (Å²) < 4.78 is 5.47. The number of rotatable bonds is 8. The van der Waals surface area contributed by atoms with Gasteiger partial charge in [0.2, 0.25) is 5.91 Å². The summed E-state index contributed by atoms with van der Waals surface area (Å²) in [6.45, 7) is 1.19. The van der Waals surface area contributed by atoms with Crippen LogP contribution in [0.25, 0.3) is 0 Å². The Morgan fingerprint density at radius 2 is 2.05 bits per heavy atom. The van der Waals surface area contributed by atoms with Gasteiger partial charge >= 0.3 is 0 Å². The highest BCUT2D eigenvalue weighted by Crippen LogP contribution is 2.33. The zero-order chi connectivity index (χ0) is 13.5. The number of hydrogen-bond donors (Lipinski definition) is 2. The van der Waals surface area contributed by atoms with Gasteiger partial charge in [-0.05, 0) is 43.0 Å². The molecule has 1 amide bonds. The molecule has 1 saturated carbocycles. The van der Waals surface area contributed by atoms with E-state index in [4.69, 9.17) is 10.5 Å². The van der Waals surface area contributed by atoms with Crippen molar-refractivity contribution in [2.45, 2.75) is 32.1 Å². The third kappa shape index (κ3) is 5.64. The molecule has 0 bridgehead atoms. The third-order valence-electron chi connectivity index (χ3n) is 3.29. The maximum Gasteiger partial charge on any atom is 0.223 e. The number of benzene rings is 1. The van der Waals surface area contributed by atoms with E-state index in [0.29, 0.717) is 18.7 Å². The van der Waals surface area contributed by atoms with Gasteiger partial charge in [0.15, 0.2) is 0 Å². The first-order chi connectivity index (χ1) is 9.24. The van der Waals surface area contributed by atoms with Gasteiger partial charge in [-0.2, -0.15) is 0 Å². The van der Waals surface area contributed by atoms with Gasteiger partial charge in [0.25, 0.3) is 0 Å². The number of ether oxygens (including phenoxy) is 1. The number of anilines is 1. The molecule has 0 spiro atoms. The first-order valence-electron chi connectivity index (χ1n) is 6.99. The molecule has 0 aliphatic heterocycles. The molecule has 0 radical (unpaired) electrons. The fourth-order valence-electron chi connectivity index (χ4n) is 1.94. The van der Waals surface area contributed by atoms with E-state index in [9.17, 15) is 4.79 Å². The fraction of sp³-hybridized carbons (Fsp3) is 0.533. The van der Waals surface area contributed by atoms with E-state index < -0.39 is 0 Å². The van der Waals surface area contributed by atoms with Crippen LogP contribution in [0.5, 0.6) is 5.75 Å². The molecule has 0 aromatic heterocycles. The molecule has 0 unspecified atom stereocenters. The van der Waals surface area contributed by atoms with Gasteiger partial charge in [-0.25, -0.2) is 0 Å². The molecule has 0 saturated heterocycles. The first-order valence-corrected chi connectivity index (χ1v) is 6.99. The molecule has 104 valence electrons. The second-order valence-corrected chi connectivity index (χ2v) is 5.10. The Kier molecular flexibility index (Phi) is 5.07. The van der Waals surface area contributed by atoms with Crippen molar-refractivity contribution in [1.82, 2.24) is 5.32 Å². The lowest BCUT2D eigenvalue weighted by atomic mass is 10.2. The SMILES string of the molecule is Nc1ccc(OCCC(=O)NCCCC2CC2)cc1. The van der Waals surface area contributed by atoms with Gasteiger partial charge in [-0.15, -0.1) is 0 Å². The summed E-state index contributed by atoms with van der Waals surface area (Å²) in [6, 6.07) is 7.19. The summed E-state index contributed by atoms with van der Waals surface area (Å²) in [6.07, 6.45) is 5.50. The van der Waals surface area contributed by atoms with Gasteiger partial charge in [0.1, 0.15) is 5.75 Å². The highest BCUT2D eigenvalue weighted by atomic mass is 16.5. The second-order valence-electron chi connectivity index (χ2n) is 5.10. The minimum atomic E-state index is 0.0613. The van der Waals surface area contributed by atoms with Crippen LogP contribution in [0.15, 0.2) is 24.3 Å². The van der Waals surface area contributed by atoms with Crippen LogP contribution in [-0.2, 0) is 4.79 Å². The molecule has 2 rings (SSSR count). The van der Waals surface area contributed by atoms with Gasteiger partial charge in [-0.3, -0.25) is 4.79 Å². The van der Waals surface area contributed by atoms with Crippen molar-refractivity contribution in [3.63, 3.8) is 0 Å². The number of nitrogen functional groups attached to an aromatic ring is 1. The number of nitrogens with one attached hydrogen (secondary N) is 1. The zero-order valence-electron chi connectivity index (χ0n) is 11.2. The number of carbonyl (C=O) groups excluding carboxylic acids is 1. The summed E-state index contributed by atoms with van der Waals surface area (Å²) in [5, 5.41) is 2.92. The van der Waals surface area contributed by atoms with Crippen LogP contribution >= 0.6 is 0 Å². The Balaban J connectivity index is 1.51. The molecule has 0 atom stereocenters. The van der Waals surface area contributed by atoms with Gasteiger partial charge < -0.3 is 15.8 Å². The number of hydrogen-bond acceptors (Lipinski definition) is 3. The van der Waals surface area contributed by atoms with Crippen molar-refractivity contribution in [3.8, 4) is 5.75 Å². The van der Waals surface area contributed by atoms with Crippen LogP contribution in [0.3, 0.4) is 0 Å². The maximum atomic E-state index is 11.5. The van der Waals surface area contributed by atoms with E-state index in [1.165, 1.54) is 19.3 Å². The molecule has 1 aromatic carbocycles. The maximum absolute atomic E-state index is 11.5. The predicted octanol–water partition coefficient (Wildman–Crippen LogP) is 2.34. The van der Waals surface area contributed by atoms with Crippen molar-refractivity contribution in [2.75, 3.05) is 18.9 Å². The van der Waals surface area contributed by atoms with E-state index in [2.05, 4.69) is 5.32 Å². The molecule has 1 aromatic rings. The summed E-state index contributed by atoms with van der Waals surface area (Å²) in [5.74, 6) is 1.74. The fourth-order valence-corrected chi connectivity index (χ4v) is 1.94. The zero-order valence-corrected chi connectivity index (χ0v) is 11.2. The van der Waals surface area contributed by atoms with Crippen LogP contribution < -0.4 is 15.8 Å². The molecule has 0 heterocycles. The molecular weight excluding hydrogens is 240 g/mol. The lowest BCUT2D eigenvalue weighted by molar-refractivity contribution is -0.121. The molecule has 1 aliphatic carbocycles. The minimum Gasteiger partial charge on any atom is -0.493 e. The predicted molar refractivity (Wildman–Crippen MR) is 75.9 cm³/mol. The number of amides is 1. The van der Waals surface area contributed by atoms with E-state index >= 15 is 0 Å². The molecule has 4 heteroatoms. The topological polar surface area (TPSA) is 64.3 Å². The summed E-state index contributed by atoms with van der Waals surface area (Å²) in [5.41, 5.74) is 6.29. The highest BCUT2D eigenvalue weighted by Gasteiger charge is 2.19.